The summed E-state index contributed by atoms with van der Waals surface area (Å²) >= 11 is 0. The van der Waals surface area contributed by atoms with E-state index in [0.29, 0.717) is 31.8 Å². The summed E-state index contributed by atoms with van der Waals surface area (Å²) in [6.45, 7) is 9.02. The van der Waals surface area contributed by atoms with Crippen molar-refractivity contribution in [3.8, 4) is 0 Å². The number of ketones is 1. The van der Waals surface area contributed by atoms with Crippen molar-refractivity contribution in [1.82, 2.24) is 4.90 Å². The fourth-order valence-corrected chi connectivity index (χ4v) is 2.96. The summed E-state index contributed by atoms with van der Waals surface area (Å²) in [5.41, 5.74) is 0. The molecule has 1 fully saturated rings. The van der Waals surface area contributed by atoms with Gasteiger partial charge in [-0.2, -0.15) is 0 Å². The van der Waals surface area contributed by atoms with Gasteiger partial charge in [0.1, 0.15) is 5.78 Å². The Balaban J connectivity index is 2.50. The highest BCUT2D eigenvalue weighted by Gasteiger charge is 2.30. The average Bonchev–Trinajstić information content (AvgIpc) is 2.18. The first kappa shape index (κ1) is 14.6. The van der Waals surface area contributed by atoms with Gasteiger partial charge in [-0.25, -0.2) is 8.42 Å². The quantitative estimate of drug-likeness (QED) is 0.763. The van der Waals surface area contributed by atoms with Crippen molar-refractivity contribution in [3.63, 3.8) is 0 Å². The number of carbonyl (C=O) groups is 1. The van der Waals surface area contributed by atoms with E-state index in [0.717, 1.165) is 0 Å². The SMILES string of the molecule is CC1CN(CCS(=O)(=O)C(C)(C)C)CCC1=O. The van der Waals surface area contributed by atoms with Gasteiger partial charge in [0.25, 0.3) is 0 Å². The molecule has 1 saturated heterocycles. The van der Waals surface area contributed by atoms with Crippen LogP contribution in [0.4, 0.5) is 0 Å². The lowest BCUT2D eigenvalue weighted by molar-refractivity contribution is -0.125. The van der Waals surface area contributed by atoms with Crippen LogP contribution in [0.15, 0.2) is 0 Å². The Morgan fingerprint density at radius 3 is 2.41 bits per heavy atom. The van der Waals surface area contributed by atoms with Crippen molar-refractivity contribution >= 4 is 15.6 Å². The van der Waals surface area contributed by atoms with E-state index in [-0.39, 0.29) is 11.7 Å². The smallest absolute Gasteiger partial charge is 0.156 e. The van der Waals surface area contributed by atoms with E-state index in [4.69, 9.17) is 0 Å². The van der Waals surface area contributed by atoms with E-state index < -0.39 is 14.6 Å². The first-order valence-electron chi connectivity index (χ1n) is 6.11. The normalized spacial score (nSPS) is 24.0. The van der Waals surface area contributed by atoms with Gasteiger partial charge in [0, 0.05) is 32.0 Å². The summed E-state index contributed by atoms with van der Waals surface area (Å²) in [7, 11) is -3.05. The molecule has 0 spiro atoms. The lowest BCUT2D eigenvalue weighted by Gasteiger charge is -2.30. The Bertz CT molecular complexity index is 381. The van der Waals surface area contributed by atoms with Crippen molar-refractivity contribution in [2.45, 2.75) is 38.9 Å². The van der Waals surface area contributed by atoms with Gasteiger partial charge in [0.15, 0.2) is 9.84 Å². The molecule has 17 heavy (non-hydrogen) atoms. The van der Waals surface area contributed by atoms with E-state index in [1.165, 1.54) is 0 Å². The summed E-state index contributed by atoms with van der Waals surface area (Å²) in [4.78, 5) is 13.4. The Morgan fingerprint density at radius 1 is 1.35 bits per heavy atom. The van der Waals surface area contributed by atoms with Crippen LogP contribution in [0.2, 0.25) is 0 Å². The predicted molar refractivity (Wildman–Crippen MR) is 68.8 cm³/mol. The second-order valence-electron chi connectivity index (χ2n) is 5.85. The summed E-state index contributed by atoms with van der Waals surface area (Å²) in [6.07, 6.45) is 0.552. The van der Waals surface area contributed by atoms with Crippen LogP contribution in [0.1, 0.15) is 34.1 Å². The van der Waals surface area contributed by atoms with Gasteiger partial charge in [0.05, 0.1) is 10.5 Å². The first-order valence-corrected chi connectivity index (χ1v) is 7.76. The van der Waals surface area contributed by atoms with Crippen LogP contribution in [0.5, 0.6) is 0 Å². The summed E-state index contributed by atoms with van der Waals surface area (Å²) in [5, 5.41) is 0. The number of nitrogens with zero attached hydrogens (tertiary/aromatic N) is 1. The minimum absolute atomic E-state index is 0.0427. The van der Waals surface area contributed by atoms with E-state index in [1.54, 1.807) is 20.8 Å². The van der Waals surface area contributed by atoms with Crippen LogP contribution < -0.4 is 0 Å². The molecule has 0 radical (unpaired) electrons. The van der Waals surface area contributed by atoms with Gasteiger partial charge in [-0.3, -0.25) is 4.79 Å². The summed E-state index contributed by atoms with van der Waals surface area (Å²) in [5.74, 6) is 0.512. The number of sulfone groups is 1. The van der Waals surface area contributed by atoms with Gasteiger partial charge in [-0.05, 0) is 20.8 Å². The molecular formula is C12H23NO3S. The molecule has 1 atom stereocenters. The molecule has 1 aliphatic heterocycles. The molecule has 1 rings (SSSR count). The van der Waals surface area contributed by atoms with Crippen molar-refractivity contribution in [3.05, 3.63) is 0 Å². The Hall–Kier alpha value is -0.420. The topological polar surface area (TPSA) is 54.5 Å². The van der Waals surface area contributed by atoms with Crippen LogP contribution in [-0.2, 0) is 14.6 Å². The lowest BCUT2D eigenvalue weighted by atomic mass is 9.99. The third kappa shape index (κ3) is 3.78. The van der Waals surface area contributed by atoms with Crippen molar-refractivity contribution in [2.75, 3.05) is 25.4 Å². The number of piperidine rings is 1. The van der Waals surface area contributed by atoms with E-state index >= 15 is 0 Å². The maximum Gasteiger partial charge on any atom is 0.156 e. The number of hydrogen-bond acceptors (Lipinski definition) is 4. The molecule has 0 saturated carbocycles. The van der Waals surface area contributed by atoms with Crippen LogP contribution in [0.3, 0.4) is 0 Å². The number of likely N-dealkylation sites (tertiary alicyclic amines) is 1. The van der Waals surface area contributed by atoms with Crippen LogP contribution in [0, 0.1) is 5.92 Å². The van der Waals surface area contributed by atoms with E-state index in [9.17, 15) is 13.2 Å². The summed E-state index contributed by atoms with van der Waals surface area (Å²) < 4.78 is 23.2. The highest BCUT2D eigenvalue weighted by atomic mass is 32.2. The Morgan fingerprint density at radius 2 is 1.94 bits per heavy atom. The summed E-state index contributed by atoms with van der Waals surface area (Å²) in [6, 6.07) is 0. The van der Waals surface area contributed by atoms with Crippen molar-refractivity contribution < 1.29 is 13.2 Å². The molecule has 1 heterocycles. The zero-order chi connectivity index (χ0) is 13.3. The molecule has 0 aromatic rings. The fraction of sp³-hybridized carbons (Fsp3) is 0.917. The highest BCUT2D eigenvalue weighted by molar-refractivity contribution is 7.92. The molecule has 100 valence electrons. The minimum atomic E-state index is -3.05. The molecule has 0 aromatic carbocycles. The first-order chi connectivity index (χ1) is 7.63. The Kier molecular flexibility index (Phi) is 4.36. The third-order valence-electron chi connectivity index (χ3n) is 3.37. The number of carbonyl (C=O) groups excluding carboxylic acids is 1. The minimum Gasteiger partial charge on any atom is -0.301 e. The van der Waals surface area contributed by atoms with E-state index in [1.807, 2.05) is 6.92 Å². The predicted octanol–water partition coefficient (Wildman–Crippen LogP) is 1.11. The number of rotatable bonds is 3. The molecule has 0 amide bonds. The second-order valence-corrected chi connectivity index (χ2v) is 8.71. The van der Waals surface area contributed by atoms with Gasteiger partial charge in [0.2, 0.25) is 0 Å². The molecule has 0 aromatic heterocycles. The monoisotopic (exact) mass is 261 g/mol. The number of hydrogen-bond donors (Lipinski definition) is 0. The number of Topliss-reactive ketones (excluding diaryl/α,β-unsaturated/α-hetero) is 1. The molecule has 0 aliphatic carbocycles. The average molecular weight is 261 g/mol. The van der Waals surface area contributed by atoms with Crippen LogP contribution in [-0.4, -0.2) is 49.2 Å². The van der Waals surface area contributed by atoms with Gasteiger partial charge in [-0.1, -0.05) is 6.92 Å². The molecule has 1 unspecified atom stereocenters. The molecular weight excluding hydrogens is 238 g/mol. The van der Waals surface area contributed by atoms with Crippen molar-refractivity contribution in [2.24, 2.45) is 5.92 Å². The Labute approximate surface area is 104 Å². The lowest BCUT2D eigenvalue weighted by Crippen LogP contribution is -2.43. The maximum absolute atomic E-state index is 11.9. The van der Waals surface area contributed by atoms with Gasteiger partial charge in [-0.15, -0.1) is 0 Å². The van der Waals surface area contributed by atoms with E-state index in [2.05, 4.69) is 4.90 Å². The van der Waals surface area contributed by atoms with Crippen molar-refractivity contribution in [1.29, 1.82) is 0 Å². The standard InChI is InChI=1S/C12H23NO3S/c1-10-9-13(6-5-11(10)14)7-8-17(15,16)12(2,3)4/h10H,5-9H2,1-4H3. The molecule has 4 nitrogen and oxygen atoms in total. The fourth-order valence-electron chi connectivity index (χ4n) is 1.85. The zero-order valence-electron chi connectivity index (χ0n) is 11.2. The molecule has 1 aliphatic rings. The zero-order valence-corrected chi connectivity index (χ0v) is 12.0. The van der Waals surface area contributed by atoms with Crippen LogP contribution >= 0.6 is 0 Å². The highest BCUT2D eigenvalue weighted by Crippen LogP contribution is 2.17. The van der Waals surface area contributed by atoms with Gasteiger partial charge < -0.3 is 4.90 Å². The molecule has 0 N–H and O–H groups in total. The molecule has 0 bridgehead atoms. The van der Waals surface area contributed by atoms with Gasteiger partial charge >= 0.3 is 0 Å². The third-order valence-corrected chi connectivity index (χ3v) is 5.95. The molecule has 5 heteroatoms. The second kappa shape index (κ2) is 5.06. The van der Waals surface area contributed by atoms with Crippen LogP contribution in [0.25, 0.3) is 0 Å². The maximum atomic E-state index is 11.9. The largest absolute Gasteiger partial charge is 0.301 e.